The number of aliphatic carboxylic acids is 2. The Labute approximate surface area is 178 Å². The molecule has 2 atom stereocenters. The molecule has 0 bridgehead atoms. The third-order valence-corrected chi connectivity index (χ3v) is 4.20. The quantitative estimate of drug-likeness (QED) is 0.281. The minimum atomic E-state index is -1.39. The van der Waals surface area contributed by atoms with Crippen LogP contribution in [-0.2, 0) is 22.4 Å². The van der Waals surface area contributed by atoms with Crippen molar-refractivity contribution in [3.8, 4) is 23.0 Å². The van der Waals surface area contributed by atoms with Crippen LogP contribution >= 0.6 is 0 Å². The van der Waals surface area contributed by atoms with E-state index >= 15 is 0 Å². The Morgan fingerprint density at radius 3 is 1.23 bits per heavy atom. The van der Waals surface area contributed by atoms with Crippen LogP contribution in [0.25, 0.3) is 0 Å². The Balaban J connectivity index is 0.000000562. The molecule has 0 saturated carbocycles. The van der Waals surface area contributed by atoms with Crippen LogP contribution in [0.1, 0.15) is 25.0 Å². The predicted molar refractivity (Wildman–Crippen MR) is 111 cm³/mol. The van der Waals surface area contributed by atoms with Crippen LogP contribution in [0, 0.1) is 0 Å². The summed E-state index contributed by atoms with van der Waals surface area (Å²) in [6, 6.07) is 8.21. The highest BCUT2D eigenvalue weighted by molar-refractivity contribution is 5.78. The van der Waals surface area contributed by atoms with Crippen molar-refractivity contribution in [1.82, 2.24) is 0 Å². The summed E-state index contributed by atoms with van der Waals surface area (Å²) in [4.78, 5) is 21.5. The van der Waals surface area contributed by atoms with Gasteiger partial charge >= 0.3 is 11.9 Å². The summed E-state index contributed by atoms with van der Waals surface area (Å²) in [5, 5.41) is 54.1. The molecule has 0 aliphatic heterocycles. The number of phenolic OH excluding ortho intramolecular Hbond substituents is 4. The lowest BCUT2D eigenvalue weighted by molar-refractivity contribution is -0.143. The summed E-state index contributed by atoms with van der Waals surface area (Å²) in [7, 11) is 0. The minimum absolute atomic E-state index is 0. The zero-order valence-corrected chi connectivity index (χ0v) is 17.0. The van der Waals surface area contributed by atoms with Gasteiger partial charge in [-0.1, -0.05) is 12.1 Å². The van der Waals surface area contributed by atoms with E-state index in [0.29, 0.717) is 11.1 Å². The highest BCUT2D eigenvalue weighted by Gasteiger charge is 2.29. The molecule has 0 amide bonds. The van der Waals surface area contributed by atoms with Crippen molar-refractivity contribution in [2.24, 2.45) is 11.5 Å². The van der Waals surface area contributed by atoms with E-state index in [2.05, 4.69) is 0 Å². The maximum Gasteiger partial charge on any atom is 0.323 e. The number of hydrogen-bond acceptors (Lipinski definition) is 8. The first-order chi connectivity index (χ1) is 13.7. The van der Waals surface area contributed by atoms with Crippen LogP contribution in [0.2, 0.25) is 0 Å². The fourth-order valence-corrected chi connectivity index (χ4v) is 2.36. The van der Waals surface area contributed by atoms with Crippen molar-refractivity contribution >= 4 is 11.9 Å². The lowest BCUT2D eigenvalue weighted by Crippen LogP contribution is -2.46. The fourth-order valence-electron chi connectivity index (χ4n) is 2.36. The summed E-state index contributed by atoms with van der Waals surface area (Å²) in [5.41, 5.74) is 9.41. The van der Waals surface area contributed by atoms with Crippen LogP contribution < -0.4 is 11.5 Å². The van der Waals surface area contributed by atoms with Gasteiger partial charge in [-0.05, 0) is 49.2 Å². The molecule has 0 radical (unpaired) electrons. The van der Waals surface area contributed by atoms with Gasteiger partial charge in [-0.25, -0.2) is 0 Å². The molecule has 0 aliphatic rings. The van der Waals surface area contributed by atoms with E-state index in [0.717, 1.165) is 0 Å². The van der Waals surface area contributed by atoms with Gasteiger partial charge in [0.15, 0.2) is 23.0 Å². The molecule has 0 unspecified atom stereocenters. The minimum Gasteiger partial charge on any atom is -0.504 e. The zero-order chi connectivity index (χ0) is 23.3. The van der Waals surface area contributed by atoms with Crippen molar-refractivity contribution in [1.29, 1.82) is 0 Å². The van der Waals surface area contributed by atoms with E-state index in [1.165, 1.54) is 50.2 Å². The predicted octanol–water partition coefficient (Wildman–Crippen LogP) is 0.0599. The van der Waals surface area contributed by atoms with Crippen molar-refractivity contribution in [3.05, 3.63) is 47.5 Å². The maximum atomic E-state index is 10.7. The SMILES string of the molecule is C[C@](N)(Cc1ccc(O)c(O)c1)C(=O)O.C[C@](N)(Cc1ccc(O)c(O)c1)C(=O)O.O. The molecule has 2 aromatic carbocycles. The Morgan fingerprint density at radius 1 is 0.710 bits per heavy atom. The van der Waals surface area contributed by atoms with Gasteiger partial charge in [0.05, 0.1) is 0 Å². The first-order valence-electron chi connectivity index (χ1n) is 8.72. The zero-order valence-electron chi connectivity index (χ0n) is 17.0. The number of benzene rings is 2. The number of carboxylic acids is 2. The molecule has 0 heterocycles. The Kier molecular flexibility index (Phi) is 9.28. The average Bonchev–Trinajstić information content (AvgIpc) is 2.61. The summed E-state index contributed by atoms with van der Waals surface area (Å²) >= 11 is 0. The van der Waals surface area contributed by atoms with Crippen molar-refractivity contribution in [3.63, 3.8) is 0 Å². The Hall–Kier alpha value is -3.54. The fraction of sp³-hybridized carbons (Fsp3) is 0.300. The van der Waals surface area contributed by atoms with Crippen molar-refractivity contribution < 1.29 is 45.7 Å². The number of carbonyl (C=O) groups is 2. The molecular formula is C20H28N2O9. The lowest BCUT2D eigenvalue weighted by Gasteiger charge is -2.19. The van der Waals surface area contributed by atoms with Gasteiger partial charge in [0, 0.05) is 12.8 Å². The first-order valence-corrected chi connectivity index (χ1v) is 8.72. The third kappa shape index (κ3) is 8.01. The van der Waals surface area contributed by atoms with E-state index in [1.807, 2.05) is 0 Å². The number of nitrogens with two attached hydrogens (primary N) is 2. The molecule has 11 heteroatoms. The van der Waals surface area contributed by atoms with Crippen LogP contribution in [-0.4, -0.2) is 59.1 Å². The second-order valence-electron chi connectivity index (χ2n) is 7.44. The van der Waals surface area contributed by atoms with Gasteiger partial charge in [-0.3, -0.25) is 9.59 Å². The standard InChI is InChI=1S/2C10H13NO4.H2O/c2*1-10(11,9(14)15)5-6-2-3-7(12)8(13)4-6;/h2*2-4,12-13H,5,11H2,1H3,(H,14,15);1H2/t2*10-;/m00./s1. The Morgan fingerprint density at radius 2 is 1.00 bits per heavy atom. The molecule has 31 heavy (non-hydrogen) atoms. The Bertz CT molecular complexity index is 851. The number of phenols is 4. The molecule has 0 aromatic heterocycles. The molecule has 12 N–H and O–H groups in total. The van der Waals surface area contributed by atoms with Crippen LogP contribution in [0.5, 0.6) is 23.0 Å². The molecule has 0 spiro atoms. The average molecular weight is 440 g/mol. The molecular weight excluding hydrogens is 412 g/mol. The molecule has 172 valence electrons. The van der Waals surface area contributed by atoms with E-state index in [9.17, 15) is 19.8 Å². The van der Waals surface area contributed by atoms with Gasteiger partial charge in [0.2, 0.25) is 0 Å². The largest absolute Gasteiger partial charge is 0.504 e. The molecule has 0 fully saturated rings. The van der Waals surface area contributed by atoms with Gasteiger partial charge in [0.1, 0.15) is 11.1 Å². The summed E-state index contributed by atoms with van der Waals surface area (Å²) in [6.07, 6.45) is 0.159. The third-order valence-electron chi connectivity index (χ3n) is 4.20. The van der Waals surface area contributed by atoms with Crippen LogP contribution in [0.3, 0.4) is 0 Å². The van der Waals surface area contributed by atoms with E-state index in [4.69, 9.17) is 31.9 Å². The van der Waals surface area contributed by atoms with Gasteiger partial charge < -0.3 is 47.6 Å². The van der Waals surface area contributed by atoms with E-state index in [-0.39, 0.29) is 41.3 Å². The molecule has 2 rings (SSSR count). The molecule has 0 saturated heterocycles. The topological polar surface area (TPSA) is 239 Å². The number of aromatic hydroxyl groups is 4. The first kappa shape index (κ1) is 27.5. The maximum absolute atomic E-state index is 10.7. The number of carboxylic acid groups (broad SMARTS) is 2. The van der Waals surface area contributed by atoms with Crippen LogP contribution in [0.15, 0.2) is 36.4 Å². The highest BCUT2D eigenvalue weighted by atomic mass is 16.4. The van der Waals surface area contributed by atoms with E-state index in [1.54, 1.807) is 0 Å². The van der Waals surface area contributed by atoms with Crippen molar-refractivity contribution in [2.45, 2.75) is 37.8 Å². The van der Waals surface area contributed by atoms with E-state index < -0.39 is 23.0 Å². The monoisotopic (exact) mass is 440 g/mol. The van der Waals surface area contributed by atoms with Gasteiger partial charge in [0.25, 0.3) is 0 Å². The van der Waals surface area contributed by atoms with Gasteiger partial charge in [-0.15, -0.1) is 0 Å². The lowest BCUT2D eigenvalue weighted by atomic mass is 9.94. The number of rotatable bonds is 6. The van der Waals surface area contributed by atoms with Crippen molar-refractivity contribution in [2.75, 3.05) is 0 Å². The highest BCUT2D eigenvalue weighted by Crippen LogP contribution is 2.27. The summed E-state index contributed by atoms with van der Waals surface area (Å²) in [5.74, 6) is -3.28. The summed E-state index contributed by atoms with van der Waals surface area (Å²) in [6.45, 7) is 2.78. The smallest absolute Gasteiger partial charge is 0.323 e. The molecule has 0 aliphatic carbocycles. The second kappa shape index (κ2) is 10.5. The molecule has 2 aromatic rings. The molecule has 11 nitrogen and oxygen atoms in total. The van der Waals surface area contributed by atoms with Gasteiger partial charge in [-0.2, -0.15) is 0 Å². The summed E-state index contributed by atoms with van der Waals surface area (Å²) < 4.78 is 0. The second-order valence-corrected chi connectivity index (χ2v) is 7.44. The number of hydrogen-bond donors (Lipinski definition) is 8. The van der Waals surface area contributed by atoms with Crippen LogP contribution in [0.4, 0.5) is 0 Å². The normalized spacial score (nSPS) is 14.1.